The Kier molecular flexibility index (Phi) is 9.50. The van der Waals surface area contributed by atoms with Gasteiger partial charge in [-0.2, -0.15) is 0 Å². The van der Waals surface area contributed by atoms with Crippen LogP contribution in [0.3, 0.4) is 0 Å². The number of carbonyl (C=O) groups excluding carboxylic acids is 7. The first-order chi connectivity index (χ1) is 18.5. The SMILES string of the molecule is CC(=O)C[C@@H](C=O)NC(=O)CN1C(=O)[C@@H](NC(=O)C(=O)Nc2ccc(Cl)cc2)CN(C(C)=O)c2ccccc21. The summed E-state index contributed by atoms with van der Waals surface area (Å²) in [7, 11) is 0. The summed E-state index contributed by atoms with van der Waals surface area (Å²) < 4.78 is 0. The predicted molar refractivity (Wildman–Crippen MR) is 142 cm³/mol. The molecule has 5 amide bonds. The van der Waals surface area contributed by atoms with E-state index >= 15 is 0 Å². The second kappa shape index (κ2) is 12.8. The molecule has 0 unspecified atom stereocenters. The third-order valence-electron chi connectivity index (χ3n) is 5.71. The quantitative estimate of drug-likeness (QED) is 0.321. The van der Waals surface area contributed by atoms with Crippen LogP contribution in [0.15, 0.2) is 48.5 Å². The Bertz CT molecular complexity index is 1310. The largest absolute Gasteiger partial charge is 0.345 e. The number of hydrogen-bond donors (Lipinski definition) is 3. The van der Waals surface area contributed by atoms with Gasteiger partial charge in [0, 0.05) is 24.1 Å². The summed E-state index contributed by atoms with van der Waals surface area (Å²) in [5.41, 5.74) is 0.784. The third kappa shape index (κ3) is 7.48. The highest BCUT2D eigenvalue weighted by atomic mass is 35.5. The van der Waals surface area contributed by atoms with Crippen LogP contribution in [0.4, 0.5) is 17.1 Å². The van der Waals surface area contributed by atoms with Crippen LogP contribution in [0.25, 0.3) is 0 Å². The van der Waals surface area contributed by atoms with E-state index in [0.717, 1.165) is 4.90 Å². The minimum Gasteiger partial charge on any atom is -0.345 e. The van der Waals surface area contributed by atoms with Crippen molar-refractivity contribution < 1.29 is 33.6 Å². The van der Waals surface area contributed by atoms with Crippen LogP contribution in [0, 0.1) is 0 Å². The highest BCUT2D eigenvalue weighted by Gasteiger charge is 2.37. The average molecular weight is 556 g/mol. The predicted octanol–water partition coefficient (Wildman–Crippen LogP) is 0.826. The average Bonchev–Trinajstić information content (AvgIpc) is 3.00. The number of aldehydes is 1. The number of nitrogens with zero attached hydrogens (tertiary/aromatic N) is 2. The number of anilines is 3. The molecule has 2 atom stereocenters. The van der Waals surface area contributed by atoms with E-state index in [9.17, 15) is 33.6 Å². The van der Waals surface area contributed by atoms with Crippen molar-refractivity contribution in [2.75, 3.05) is 28.2 Å². The van der Waals surface area contributed by atoms with E-state index in [0.29, 0.717) is 17.0 Å². The molecule has 0 fully saturated rings. The second-order valence-electron chi connectivity index (χ2n) is 8.75. The molecule has 2 aromatic rings. The maximum atomic E-state index is 13.6. The molecule has 0 aromatic heterocycles. The molecule has 0 saturated heterocycles. The van der Waals surface area contributed by atoms with Gasteiger partial charge in [0.2, 0.25) is 11.8 Å². The number of fused-ring (bicyclic) bond motifs is 1. The Morgan fingerprint density at radius 1 is 1.00 bits per heavy atom. The van der Waals surface area contributed by atoms with Crippen molar-refractivity contribution in [2.24, 2.45) is 0 Å². The Balaban J connectivity index is 1.87. The van der Waals surface area contributed by atoms with Gasteiger partial charge >= 0.3 is 11.8 Å². The molecule has 1 aliphatic heterocycles. The summed E-state index contributed by atoms with van der Waals surface area (Å²) in [6, 6.07) is 9.81. The molecule has 39 heavy (non-hydrogen) atoms. The maximum Gasteiger partial charge on any atom is 0.313 e. The van der Waals surface area contributed by atoms with Crippen molar-refractivity contribution in [3.8, 4) is 0 Å². The van der Waals surface area contributed by atoms with Crippen molar-refractivity contribution in [3.63, 3.8) is 0 Å². The van der Waals surface area contributed by atoms with Crippen LogP contribution in [0.1, 0.15) is 20.3 Å². The molecule has 0 bridgehead atoms. The number of nitrogens with one attached hydrogen (secondary N) is 3. The Labute approximate surface area is 228 Å². The van der Waals surface area contributed by atoms with Gasteiger partial charge < -0.3 is 25.6 Å². The monoisotopic (exact) mass is 555 g/mol. The van der Waals surface area contributed by atoms with Gasteiger partial charge in [0.15, 0.2) is 0 Å². The molecule has 0 aliphatic carbocycles. The van der Waals surface area contributed by atoms with Gasteiger partial charge in [-0.25, -0.2) is 0 Å². The minimum atomic E-state index is -1.41. The molecule has 1 heterocycles. The lowest BCUT2D eigenvalue weighted by atomic mass is 10.1. The summed E-state index contributed by atoms with van der Waals surface area (Å²) in [6.07, 6.45) is 0.191. The third-order valence-corrected chi connectivity index (χ3v) is 5.96. The zero-order chi connectivity index (χ0) is 28.7. The van der Waals surface area contributed by atoms with E-state index in [1.54, 1.807) is 18.2 Å². The zero-order valence-corrected chi connectivity index (χ0v) is 21.9. The first-order valence-corrected chi connectivity index (χ1v) is 12.2. The van der Waals surface area contributed by atoms with E-state index in [-0.39, 0.29) is 30.1 Å². The molecule has 204 valence electrons. The fourth-order valence-electron chi connectivity index (χ4n) is 3.94. The number of rotatable bonds is 8. The lowest BCUT2D eigenvalue weighted by Crippen LogP contribution is -2.56. The number of benzene rings is 2. The highest BCUT2D eigenvalue weighted by molar-refractivity contribution is 6.40. The molecule has 12 nitrogen and oxygen atoms in total. The number of halogens is 1. The van der Waals surface area contributed by atoms with Crippen molar-refractivity contribution in [3.05, 3.63) is 53.6 Å². The lowest BCUT2D eigenvalue weighted by Gasteiger charge is -2.25. The van der Waals surface area contributed by atoms with Crippen LogP contribution >= 0.6 is 11.6 Å². The van der Waals surface area contributed by atoms with Crippen LogP contribution in [0.2, 0.25) is 5.02 Å². The van der Waals surface area contributed by atoms with Crippen LogP contribution in [-0.2, 0) is 33.6 Å². The van der Waals surface area contributed by atoms with Crippen LogP contribution in [-0.4, -0.2) is 66.8 Å². The fraction of sp³-hybridized carbons (Fsp3) is 0.269. The number of carbonyl (C=O) groups is 7. The molecule has 13 heteroatoms. The molecule has 3 rings (SSSR count). The van der Waals surface area contributed by atoms with E-state index in [2.05, 4.69) is 16.0 Å². The summed E-state index contributed by atoms with van der Waals surface area (Å²) in [6.45, 7) is 1.63. The van der Waals surface area contributed by atoms with E-state index in [1.807, 2.05) is 0 Å². The normalized spacial score (nSPS) is 15.4. The molecular formula is C26H26ClN5O7. The van der Waals surface area contributed by atoms with Gasteiger partial charge in [0.05, 0.1) is 24.0 Å². The first-order valence-electron chi connectivity index (χ1n) is 11.8. The lowest BCUT2D eigenvalue weighted by molar-refractivity contribution is -0.137. The Morgan fingerprint density at radius 3 is 2.23 bits per heavy atom. The van der Waals surface area contributed by atoms with Crippen LogP contribution < -0.4 is 25.8 Å². The number of amides is 5. The van der Waals surface area contributed by atoms with E-state index < -0.39 is 48.2 Å². The van der Waals surface area contributed by atoms with Gasteiger partial charge in [-0.05, 0) is 43.3 Å². The van der Waals surface area contributed by atoms with E-state index in [1.165, 1.54) is 49.1 Å². The summed E-state index contributed by atoms with van der Waals surface area (Å²) >= 11 is 5.83. The zero-order valence-electron chi connectivity index (χ0n) is 21.1. The maximum absolute atomic E-state index is 13.6. The summed E-state index contributed by atoms with van der Waals surface area (Å²) in [5.74, 6) is -4.51. The number of Topliss-reactive ketones (excluding diaryl/α,β-unsaturated/α-hetero) is 1. The molecule has 0 spiro atoms. The number of hydrogen-bond acceptors (Lipinski definition) is 7. The number of ketones is 1. The van der Waals surface area contributed by atoms with Gasteiger partial charge in [-0.1, -0.05) is 23.7 Å². The summed E-state index contributed by atoms with van der Waals surface area (Å²) in [5, 5.41) is 7.55. The van der Waals surface area contributed by atoms with Gasteiger partial charge in [0.1, 0.15) is 24.7 Å². The molecule has 0 radical (unpaired) electrons. The smallest absolute Gasteiger partial charge is 0.313 e. The molecule has 3 N–H and O–H groups in total. The standard InChI is InChI=1S/C26H26ClN5O7/c1-15(34)11-19(14-33)28-23(36)13-32-22-6-4-3-5-21(22)31(16(2)35)12-20(26(32)39)30-25(38)24(37)29-18-9-7-17(27)8-10-18/h3-10,14,19-20H,11-13H2,1-2H3,(H,28,36)(H,29,37)(H,30,38)/t19-,20-/m0/s1. The Hall–Kier alpha value is -4.58. The van der Waals surface area contributed by atoms with Gasteiger partial charge in [-0.3, -0.25) is 33.7 Å². The van der Waals surface area contributed by atoms with Crippen molar-refractivity contribution in [1.29, 1.82) is 0 Å². The number of para-hydroxylation sites is 2. The second-order valence-corrected chi connectivity index (χ2v) is 9.18. The van der Waals surface area contributed by atoms with Crippen molar-refractivity contribution >= 4 is 70.3 Å². The van der Waals surface area contributed by atoms with Gasteiger partial charge in [-0.15, -0.1) is 0 Å². The van der Waals surface area contributed by atoms with Crippen molar-refractivity contribution in [2.45, 2.75) is 32.4 Å². The molecule has 1 aliphatic rings. The first kappa shape index (κ1) is 29.0. The Morgan fingerprint density at radius 2 is 1.64 bits per heavy atom. The minimum absolute atomic E-state index is 0.199. The van der Waals surface area contributed by atoms with Gasteiger partial charge in [0.25, 0.3) is 5.91 Å². The van der Waals surface area contributed by atoms with Crippen LogP contribution in [0.5, 0.6) is 0 Å². The molecule has 2 aromatic carbocycles. The van der Waals surface area contributed by atoms with Crippen molar-refractivity contribution in [1.82, 2.24) is 10.6 Å². The highest BCUT2D eigenvalue weighted by Crippen LogP contribution is 2.32. The topological polar surface area (TPSA) is 162 Å². The van der Waals surface area contributed by atoms with E-state index in [4.69, 9.17) is 11.6 Å². The summed E-state index contributed by atoms with van der Waals surface area (Å²) in [4.78, 5) is 89.2. The molecule has 0 saturated carbocycles. The fourth-order valence-corrected chi connectivity index (χ4v) is 4.06. The molecular weight excluding hydrogens is 530 g/mol.